The molecule has 15 heavy (non-hydrogen) atoms. The summed E-state index contributed by atoms with van der Waals surface area (Å²) in [6.07, 6.45) is 0. The first kappa shape index (κ1) is 12.0. The largest absolute Gasteiger partial charge is 0.491 e. The van der Waals surface area contributed by atoms with Crippen LogP contribution in [0.5, 0.6) is 5.75 Å². The molecule has 0 amide bonds. The van der Waals surface area contributed by atoms with Crippen molar-refractivity contribution < 1.29 is 9.47 Å². The molecule has 0 unspecified atom stereocenters. The van der Waals surface area contributed by atoms with Crippen LogP contribution >= 0.6 is 0 Å². The highest BCUT2D eigenvalue weighted by Crippen LogP contribution is 2.22. The van der Waals surface area contributed by atoms with Crippen LogP contribution in [0.25, 0.3) is 0 Å². The minimum atomic E-state index is -0.00621. The van der Waals surface area contributed by atoms with Gasteiger partial charge in [-0.2, -0.15) is 0 Å². The molecule has 3 nitrogen and oxygen atoms in total. The molecule has 0 spiro atoms. The molecule has 1 rings (SSSR count). The van der Waals surface area contributed by atoms with Gasteiger partial charge >= 0.3 is 0 Å². The molecule has 0 aliphatic heterocycles. The van der Waals surface area contributed by atoms with Gasteiger partial charge in [0.2, 0.25) is 0 Å². The summed E-state index contributed by atoms with van der Waals surface area (Å²) < 4.78 is 10.8. The molecule has 0 aromatic heterocycles. The van der Waals surface area contributed by atoms with Crippen LogP contribution in [-0.2, 0) is 4.74 Å². The van der Waals surface area contributed by atoms with E-state index in [-0.39, 0.29) is 6.04 Å². The van der Waals surface area contributed by atoms with Crippen molar-refractivity contribution in [3.63, 3.8) is 0 Å². The first-order chi connectivity index (χ1) is 7.25. The molecule has 0 heterocycles. The topological polar surface area (TPSA) is 44.5 Å². The molecule has 0 saturated carbocycles. The molecule has 0 aliphatic carbocycles. The summed E-state index contributed by atoms with van der Waals surface area (Å²) in [5.74, 6) is 0.854. The Labute approximate surface area is 91.2 Å². The second-order valence-corrected chi connectivity index (χ2v) is 3.37. The van der Waals surface area contributed by atoms with Gasteiger partial charge in [-0.05, 0) is 19.9 Å². The van der Waals surface area contributed by atoms with Crippen molar-refractivity contribution in [1.82, 2.24) is 0 Å². The number of hydrogen-bond donors (Lipinski definition) is 1. The van der Waals surface area contributed by atoms with Gasteiger partial charge in [-0.15, -0.1) is 0 Å². The average molecular weight is 209 g/mol. The number of rotatable bonds is 6. The molecular formula is C12H19NO2. The minimum Gasteiger partial charge on any atom is -0.491 e. The Kier molecular flexibility index (Phi) is 5.15. The number of hydrogen-bond acceptors (Lipinski definition) is 3. The van der Waals surface area contributed by atoms with Crippen molar-refractivity contribution in [2.75, 3.05) is 19.8 Å². The quantitative estimate of drug-likeness (QED) is 0.730. The summed E-state index contributed by atoms with van der Waals surface area (Å²) in [5.41, 5.74) is 6.87. The standard InChI is InChI=1S/C12H19NO2/c1-3-14-8-9-15-12-7-5-4-6-11(12)10(2)13/h4-7,10H,3,8-9,13H2,1-2H3/t10-/m0/s1. The van der Waals surface area contributed by atoms with Crippen LogP contribution in [0.2, 0.25) is 0 Å². The zero-order valence-electron chi connectivity index (χ0n) is 9.40. The number of nitrogens with two attached hydrogens (primary N) is 1. The summed E-state index contributed by atoms with van der Waals surface area (Å²) in [6, 6.07) is 7.83. The highest BCUT2D eigenvalue weighted by atomic mass is 16.5. The molecule has 0 fully saturated rings. The van der Waals surface area contributed by atoms with Crippen molar-refractivity contribution in [2.45, 2.75) is 19.9 Å². The molecule has 84 valence electrons. The zero-order valence-corrected chi connectivity index (χ0v) is 9.40. The minimum absolute atomic E-state index is 0.00621. The van der Waals surface area contributed by atoms with Gasteiger partial charge in [-0.1, -0.05) is 18.2 Å². The highest BCUT2D eigenvalue weighted by Gasteiger charge is 2.06. The Morgan fingerprint density at radius 1 is 1.27 bits per heavy atom. The molecule has 0 bridgehead atoms. The third-order valence-corrected chi connectivity index (χ3v) is 2.10. The maximum atomic E-state index is 5.83. The Morgan fingerprint density at radius 2 is 2.00 bits per heavy atom. The average Bonchev–Trinajstić information content (AvgIpc) is 2.25. The SMILES string of the molecule is CCOCCOc1ccccc1[C@H](C)N. The van der Waals surface area contributed by atoms with Crippen molar-refractivity contribution >= 4 is 0 Å². The number of benzene rings is 1. The van der Waals surface area contributed by atoms with Crippen LogP contribution in [0.1, 0.15) is 25.5 Å². The molecule has 0 radical (unpaired) electrons. The maximum Gasteiger partial charge on any atom is 0.124 e. The highest BCUT2D eigenvalue weighted by molar-refractivity contribution is 5.35. The Hall–Kier alpha value is -1.06. The smallest absolute Gasteiger partial charge is 0.124 e. The maximum absolute atomic E-state index is 5.83. The fourth-order valence-electron chi connectivity index (χ4n) is 1.34. The van der Waals surface area contributed by atoms with Gasteiger partial charge in [-0.3, -0.25) is 0 Å². The van der Waals surface area contributed by atoms with E-state index in [9.17, 15) is 0 Å². The predicted molar refractivity (Wildman–Crippen MR) is 61.0 cm³/mol. The van der Waals surface area contributed by atoms with Crippen molar-refractivity contribution in [3.8, 4) is 5.75 Å². The van der Waals surface area contributed by atoms with E-state index in [0.29, 0.717) is 13.2 Å². The van der Waals surface area contributed by atoms with Gasteiger partial charge < -0.3 is 15.2 Å². The first-order valence-corrected chi connectivity index (χ1v) is 5.30. The van der Waals surface area contributed by atoms with Crippen LogP contribution in [0.4, 0.5) is 0 Å². The normalized spacial score (nSPS) is 12.5. The van der Waals surface area contributed by atoms with Gasteiger partial charge in [0.15, 0.2) is 0 Å². The summed E-state index contributed by atoms with van der Waals surface area (Å²) >= 11 is 0. The number of para-hydroxylation sites is 1. The van der Waals surface area contributed by atoms with E-state index in [0.717, 1.165) is 17.9 Å². The second kappa shape index (κ2) is 6.43. The van der Waals surface area contributed by atoms with Gasteiger partial charge in [0, 0.05) is 18.2 Å². The van der Waals surface area contributed by atoms with Gasteiger partial charge in [0.25, 0.3) is 0 Å². The lowest BCUT2D eigenvalue weighted by molar-refractivity contribution is 0.109. The summed E-state index contributed by atoms with van der Waals surface area (Å²) in [5, 5.41) is 0. The number of ether oxygens (including phenoxy) is 2. The van der Waals surface area contributed by atoms with E-state index in [1.54, 1.807) is 0 Å². The van der Waals surface area contributed by atoms with Gasteiger partial charge in [-0.25, -0.2) is 0 Å². The molecule has 1 atom stereocenters. The Balaban J connectivity index is 2.52. The lowest BCUT2D eigenvalue weighted by atomic mass is 10.1. The fraction of sp³-hybridized carbons (Fsp3) is 0.500. The molecule has 1 aromatic carbocycles. The van der Waals surface area contributed by atoms with E-state index >= 15 is 0 Å². The molecule has 2 N–H and O–H groups in total. The van der Waals surface area contributed by atoms with Crippen molar-refractivity contribution in [2.24, 2.45) is 5.73 Å². The van der Waals surface area contributed by atoms with Crippen LogP contribution in [-0.4, -0.2) is 19.8 Å². The Bertz CT molecular complexity index is 287. The molecule has 3 heteroatoms. The second-order valence-electron chi connectivity index (χ2n) is 3.37. The van der Waals surface area contributed by atoms with E-state index in [4.69, 9.17) is 15.2 Å². The van der Waals surface area contributed by atoms with E-state index in [1.807, 2.05) is 38.1 Å². The van der Waals surface area contributed by atoms with Gasteiger partial charge in [0.05, 0.1) is 6.61 Å². The fourth-order valence-corrected chi connectivity index (χ4v) is 1.34. The molecule has 0 aliphatic rings. The monoisotopic (exact) mass is 209 g/mol. The van der Waals surface area contributed by atoms with Crippen LogP contribution in [0.3, 0.4) is 0 Å². The van der Waals surface area contributed by atoms with E-state index in [1.165, 1.54) is 0 Å². The predicted octanol–water partition coefficient (Wildman–Crippen LogP) is 2.12. The first-order valence-electron chi connectivity index (χ1n) is 5.30. The summed E-state index contributed by atoms with van der Waals surface area (Å²) in [4.78, 5) is 0. The van der Waals surface area contributed by atoms with Crippen LogP contribution in [0.15, 0.2) is 24.3 Å². The molecule has 0 saturated heterocycles. The van der Waals surface area contributed by atoms with Crippen LogP contribution in [0, 0.1) is 0 Å². The summed E-state index contributed by atoms with van der Waals surface area (Å²) in [6.45, 7) is 5.82. The Morgan fingerprint density at radius 3 is 2.67 bits per heavy atom. The summed E-state index contributed by atoms with van der Waals surface area (Å²) in [7, 11) is 0. The van der Waals surface area contributed by atoms with E-state index < -0.39 is 0 Å². The third kappa shape index (κ3) is 3.90. The van der Waals surface area contributed by atoms with Crippen molar-refractivity contribution in [1.29, 1.82) is 0 Å². The van der Waals surface area contributed by atoms with E-state index in [2.05, 4.69) is 0 Å². The third-order valence-electron chi connectivity index (χ3n) is 2.10. The van der Waals surface area contributed by atoms with Crippen molar-refractivity contribution in [3.05, 3.63) is 29.8 Å². The lowest BCUT2D eigenvalue weighted by Gasteiger charge is -2.13. The van der Waals surface area contributed by atoms with Gasteiger partial charge in [0.1, 0.15) is 12.4 Å². The molecular weight excluding hydrogens is 190 g/mol. The molecule has 1 aromatic rings. The lowest BCUT2D eigenvalue weighted by Crippen LogP contribution is -2.11. The zero-order chi connectivity index (χ0) is 11.1. The van der Waals surface area contributed by atoms with Crippen LogP contribution < -0.4 is 10.5 Å².